The number of benzene rings is 2. The minimum atomic E-state index is -0.807. The summed E-state index contributed by atoms with van der Waals surface area (Å²) in [4.78, 5) is 4.23. The number of nitrogens with zero attached hydrogens (tertiary/aromatic N) is 3. The number of anilines is 1. The van der Waals surface area contributed by atoms with E-state index in [0.29, 0.717) is 16.7 Å². The van der Waals surface area contributed by atoms with Crippen LogP contribution in [0.3, 0.4) is 0 Å². The summed E-state index contributed by atoms with van der Waals surface area (Å²) in [5, 5.41) is 12.5. The van der Waals surface area contributed by atoms with E-state index in [9.17, 15) is 8.78 Å². The number of methoxy groups -OCH3 is 1. The molecule has 0 aromatic heterocycles. The summed E-state index contributed by atoms with van der Waals surface area (Å²) in [6, 6.07) is 11.3. The average molecular weight is 456 g/mol. The van der Waals surface area contributed by atoms with Crippen LogP contribution in [0.2, 0.25) is 0 Å². The molecule has 0 aliphatic heterocycles. The van der Waals surface area contributed by atoms with Crippen molar-refractivity contribution in [1.29, 1.82) is 5.26 Å². The van der Waals surface area contributed by atoms with E-state index in [-0.39, 0.29) is 33.5 Å². The van der Waals surface area contributed by atoms with E-state index in [1.807, 2.05) is 30.5 Å². The molecule has 3 rings (SSSR count). The van der Waals surface area contributed by atoms with Crippen molar-refractivity contribution in [2.24, 2.45) is 15.1 Å². The van der Waals surface area contributed by atoms with Gasteiger partial charge in [0, 0.05) is 34.5 Å². The van der Waals surface area contributed by atoms with Gasteiger partial charge in [0.25, 0.3) is 0 Å². The van der Waals surface area contributed by atoms with Crippen molar-refractivity contribution in [3.8, 4) is 11.9 Å². The molecule has 1 aliphatic rings. The normalized spacial score (nSPS) is 15.2. The molecule has 0 bridgehead atoms. The third-order valence-corrected chi connectivity index (χ3v) is 6.82. The van der Waals surface area contributed by atoms with E-state index >= 15 is 0 Å². The van der Waals surface area contributed by atoms with Crippen LogP contribution in [0, 0.1) is 17.3 Å². The fourth-order valence-corrected chi connectivity index (χ4v) is 4.79. The topological polar surface area (TPSA) is 95.8 Å². The van der Waals surface area contributed by atoms with E-state index in [1.54, 1.807) is 0 Å². The number of nitrogens with two attached hydrogens (primary N) is 1. The van der Waals surface area contributed by atoms with Gasteiger partial charge in [-0.2, -0.15) is 9.62 Å². The molecular weight excluding hydrogens is 432 g/mol. The third kappa shape index (κ3) is 6.02. The Hall–Kier alpha value is -3.51. The molecule has 6 nitrogen and oxygen atoms in total. The van der Waals surface area contributed by atoms with Gasteiger partial charge in [0.05, 0.1) is 7.11 Å². The minimum absolute atomic E-state index is 0.115. The van der Waals surface area contributed by atoms with E-state index < -0.39 is 11.6 Å². The Labute approximate surface area is 188 Å². The van der Waals surface area contributed by atoms with Gasteiger partial charge >= 0.3 is 0 Å². The first-order chi connectivity index (χ1) is 15.4. The highest BCUT2D eigenvalue weighted by atomic mass is 32.2. The van der Waals surface area contributed by atoms with Crippen LogP contribution in [0.1, 0.15) is 24.0 Å². The van der Waals surface area contributed by atoms with Gasteiger partial charge < -0.3 is 15.8 Å². The second-order valence-corrected chi connectivity index (χ2v) is 8.97. The predicted molar refractivity (Wildman–Crippen MR) is 124 cm³/mol. The minimum Gasteiger partial charge on any atom is -0.496 e. The predicted octanol–water partition coefficient (Wildman–Crippen LogP) is 4.92. The molecule has 2 aromatic rings. The molecular formula is C23H23F2N5OS. The van der Waals surface area contributed by atoms with Crippen molar-refractivity contribution in [3.63, 3.8) is 0 Å². The molecule has 1 saturated carbocycles. The van der Waals surface area contributed by atoms with Gasteiger partial charge in [-0.25, -0.2) is 13.8 Å². The summed E-state index contributed by atoms with van der Waals surface area (Å²) >= 11 is 0. The summed E-state index contributed by atoms with van der Waals surface area (Å²) in [6.45, 7) is 3.86. The lowest BCUT2D eigenvalue weighted by molar-refractivity contribution is 0.410. The Bertz CT molecular complexity index is 1150. The van der Waals surface area contributed by atoms with Crippen LogP contribution >= 0.6 is 0 Å². The number of halogens is 2. The molecule has 0 amide bonds. The Morgan fingerprint density at radius 3 is 2.81 bits per heavy atom. The SMILES string of the molecule is C=C(N=C(/C(F)=C\N)c1ccc(F)cc1OC)Nc1cccc(CS(=NC#N)C2CC2)c1. The van der Waals surface area contributed by atoms with Crippen molar-refractivity contribution < 1.29 is 13.5 Å². The monoisotopic (exact) mass is 455 g/mol. The van der Waals surface area contributed by atoms with Gasteiger partial charge in [-0.1, -0.05) is 29.4 Å². The first-order valence-electron chi connectivity index (χ1n) is 9.80. The number of ether oxygens (including phenoxy) is 1. The highest BCUT2D eigenvalue weighted by Crippen LogP contribution is 2.30. The largest absolute Gasteiger partial charge is 0.496 e. The summed E-state index contributed by atoms with van der Waals surface area (Å²) in [5.74, 6) is -0.374. The molecule has 3 N–H and O–H groups in total. The van der Waals surface area contributed by atoms with Crippen LogP contribution in [0.25, 0.3) is 0 Å². The van der Waals surface area contributed by atoms with Crippen LogP contribution in [0.15, 0.2) is 76.2 Å². The highest BCUT2D eigenvalue weighted by molar-refractivity contribution is 7.87. The van der Waals surface area contributed by atoms with Crippen LogP contribution in [0.5, 0.6) is 5.75 Å². The second kappa shape index (κ2) is 10.7. The molecule has 1 fully saturated rings. The first-order valence-corrected chi connectivity index (χ1v) is 11.2. The van der Waals surface area contributed by atoms with Crippen molar-refractivity contribution >= 4 is 22.1 Å². The van der Waals surface area contributed by atoms with Gasteiger partial charge in [0.1, 0.15) is 23.1 Å². The molecule has 2 aromatic carbocycles. The number of hydrogen-bond donors (Lipinski definition) is 2. The van der Waals surface area contributed by atoms with Crippen LogP contribution < -0.4 is 15.8 Å². The Morgan fingerprint density at radius 2 is 2.16 bits per heavy atom. The maximum absolute atomic E-state index is 14.5. The number of nitriles is 1. The van der Waals surface area contributed by atoms with Crippen LogP contribution in [-0.4, -0.2) is 18.1 Å². The molecule has 0 heterocycles. The molecule has 32 heavy (non-hydrogen) atoms. The number of nitrogens with one attached hydrogen (secondary N) is 1. The molecule has 0 saturated heterocycles. The Kier molecular flexibility index (Phi) is 7.73. The molecule has 0 radical (unpaired) electrons. The van der Waals surface area contributed by atoms with Gasteiger partial charge in [-0.3, -0.25) is 0 Å². The molecule has 0 spiro atoms. The maximum atomic E-state index is 14.5. The van der Waals surface area contributed by atoms with Crippen LogP contribution in [-0.2, 0) is 16.4 Å². The maximum Gasteiger partial charge on any atom is 0.212 e. The van der Waals surface area contributed by atoms with Gasteiger partial charge in [0.2, 0.25) is 6.19 Å². The van der Waals surface area contributed by atoms with Crippen molar-refractivity contribution in [1.82, 2.24) is 0 Å². The standard InChI is InChI=1S/C23H23F2N5OS/c1-15(30-23(21(25)12-26)20-9-6-17(24)11-22(20)31-2)29-18-5-3-4-16(10-18)13-32(28-14-27)19-7-8-19/h3-6,9-12,19,29H,1,7-8,13,26H2,2H3/b21-12+,30-23?. The van der Waals surface area contributed by atoms with E-state index in [2.05, 4.69) is 21.3 Å². The van der Waals surface area contributed by atoms with E-state index in [0.717, 1.165) is 30.7 Å². The molecule has 1 aliphatic carbocycles. The van der Waals surface area contributed by atoms with Crippen molar-refractivity contribution in [2.75, 3.05) is 12.4 Å². The molecule has 1 unspecified atom stereocenters. The zero-order chi connectivity index (χ0) is 23.1. The third-order valence-electron chi connectivity index (χ3n) is 4.64. The van der Waals surface area contributed by atoms with E-state index in [4.69, 9.17) is 15.7 Å². The summed E-state index contributed by atoms with van der Waals surface area (Å²) in [6.07, 6.45) is 4.91. The number of rotatable bonds is 9. The fourth-order valence-electron chi connectivity index (χ4n) is 3.04. The molecule has 166 valence electrons. The fraction of sp³-hybridized carbons (Fsp3) is 0.217. The Morgan fingerprint density at radius 1 is 1.38 bits per heavy atom. The summed E-state index contributed by atoms with van der Waals surface area (Å²) < 4.78 is 37.3. The number of aliphatic imine (C=N–C) groups is 1. The Balaban J connectivity index is 1.83. The van der Waals surface area contributed by atoms with Gasteiger partial charge in [-0.05, 0) is 42.7 Å². The van der Waals surface area contributed by atoms with E-state index in [1.165, 1.54) is 19.2 Å². The van der Waals surface area contributed by atoms with Crippen molar-refractivity contribution in [3.05, 3.63) is 83.8 Å². The highest BCUT2D eigenvalue weighted by Gasteiger charge is 2.26. The number of allylic oxidation sites excluding steroid dienone is 1. The lowest BCUT2D eigenvalue weighted by atomic mass is 10.1. The quantitative estimate of drug-likeness (QED) is 0.414. The molecule has 1 atom stereocenters. The zero-order valence-electron chi connectivity index (χ0n) is 17.5. The lowest BCUT2D eigenvalue weighted by Gasteiger charge is -2.13. The zero-order valence-corrected chi connectivity index (χ0v) is 18.3. The van der Waals surface area contributed by atoms with Gasteiger partial charge in [-0.15, -0.1) is 0 Å². The number of hydrogen-bond acceptors (Lipinski definition) is 6. The first kappa shape index (κ1) is 23.2. The van der Waals surface area contributed by atoms with Gasteiger partial charge in [0.15, 0.2) is 5.83 Å². The van der Waals surface area contributed by atoms with Crippen molar-refractivity contribution in [2.45, 2.75) is 23.8 Å². The summed E-state index contributed by atoms with van der Waals surface area (Å²) in [7, 11) is 1.04. The summed E-state index contributed by atoms with van der Waals surface area (Å²) in [5.41, 5.74) is 7.19. The van der Waals surface area contributed by atoms with Crippen LogP contribution in [0.4, 0.5) is 14.5 Å². The average Bonchev–Trinajstić information content (AvgIpc) is 3.62. The second-order valence-electron chi connectivity index (χ2n) is 7.03. The molecule has 9 heteroatoms. The smallest absolute Gasteiger partial charge is 0.212 e. The lowest BCUT2D eigenvalue weighted by Crippen LogP contribution is -2.09.